The molecule has 0 aromatic carbocycles. The van der Waals surface area contributed by atoms with Gasteiger partial charge in [-0.3, -0.25) is 0 Å². The highest BCUT2D eigenvalue weighted by Gasteiger charge is 2.18. The molecule has 4 heteroatoms. The molecule has 4 nitrogen and oxygen atoms in total. The van der Waals surface area contributed by atoms with Gasteiger partial charge in [0.15, 0.2) is 0 Å². The number of hydrogen-bond acceptors (Lipinski definition) is 3. The first-order chi connectivity index (χ1) is 5.66. The van der Waals surface area contributed by atoms with Gasteiger partial charge in [-0.2, -0.15) is 0 Å². The zero-order chi connectivity index (χ0) is 9.14. The predicted octanol–water partition coefficient (Wildman–Crippen LogP) is 0.513. The van der Waals surface area contributed by atoms with Crippen LogP contribution in [0.5, 0.6) is 0 Å². The third-order valence-electron chi connectivity index (χ3n) is 2.14. The second-order valence-electron chi connectivity index (χ2n) is 3.39. The lowest BCUT2D eigenvalue weighted by Crippen LogP contribution is -2.21. The Bertz CT molecular complexity index is 241. The molecule has 0 amide bonds. The molecule has 0 saturated heterocycles. The van der Waals surface area contributed by atoms with E-state index in [1.165, 1.54) is 0 Å². The van der Waals surface area contributed by atoms with E-state index in [1.807, 2.05) is 11.6 Å². The van der Waals surface area contributed by atoms with Crippen LogP contribution in [0.25, 0.3) is 0 Å². The molecule has 0 fully saturated rings. The van der Waals surface area contributed by atoms with Gasteiger partial charge in [-0.05, 0) is 5.92 Å². The molecule has 1 aromatic rings. The summed E-state index contributed by atoms with van der Waals surface area (Å²) in [5, 5.41) is 7.87. The van der Waals surface area contributed by atoms with Crippen LogP contribution in [0.2, 0.25) is 0 Å². The van der Waals surface area contributed by atoms with Crippen molar-refractivity contribution < 1.29 is 0 Å². The fourth-order valence-electron chi connectivity index (χ4n) is 1.30. The second-order valence-corrected chi connectivity index (χ2v) is 3.39. The molecule has 0 bridgehead atoms. The monoisotopic (exact) mass is 168 g/mol. The van der Waals surface area contributed by atoms with Crippen LogP contribution >= 0.6 is 0 Å². The number of aryl methyl sites for hydroxylation is 1. The van der Waals surface area contributed by atoms with Crippen molar-refractivity contribution in [2.45, 2.75) is 19.8 Å². The Kier molecular flexibility index (Phi) is 2.81. The summed E-state index contributed by atoms with van der Waals surface area (Å²) in [7, 11) is 1.94. The summed E-state index contributed by atoms with van der Waals surface area (Å²) in [5.41, 5.74) is 5.65. The Morgan fingerprint density at radius 3 is 2.58 bits per heavy atom. The van der Waals surface area contributed by atoms with E-state index in [0.717, 1.165) is 5.82 Å². The standard InChI is InChI=1S/C8H16N4/c1-6(2)7(4-9)8-11-10-5-12(8)3/h5-7H,4,9H2,1-3H3. The minimum Gasteiger partial charge on any atom is -0.330 e. The highest BCUT2D eigenvalue weighted by Crippen LogP contribution is 2.19. The average molecular weight is 168 g/mol. The maximum absolute atomic E-state index is 5.65. The van der Waals surface area contributed by atoms with E-state index in [1.54, 1.807) is 6.33 Å². The molecule has 1 rings (SSSR count). The van der Waals surface area contributed by atoms with Gasteiger partial charge >= 0.3 is 0 Å². The number of hydrogen-bond donors (Lipinski definition) is 1. The Labute approximate surface area is 72.8 Å². The van der Waals surface area contributed by atoms with Crippen molar-refractivity contribution in [3.63, 3.8) is 0 Å². The Morgan fingerprint density at radius 2 is 2.25 bits per heavy atom. The molecule has 1 heterocycles. The van der Waals surface area contributed by atoms with E-state index in [2.05, 4.69) is 24.0 Å². The van der Waals surface area contributed by atoms with Crippen LogP contribution in [0, 0.1) is 5.92 Å². The Morgan fingerprint density at radius 1 is 1.58 bits per heavy atom. The van der Waals surface area contributed by atoms with E-state index < -0.39 is 0 Å². The largest absolute Gasteiger partial charge is 0.330 e. The Hall–Kier alpha value is -0.900. The van der Waals surface area contributed by atoms with E-state index in [0.29, 0.717) is 18.4 Å². The van der Waals surface area contributed by atoms with E-state index in [-0.39, 0.29) is 0 Å². The minimum absolute atomic E-state index is 0.317. The Balaban J connectivity index is 2.87. The van der Waals surface area contributed by atoms with E-state index in [9.17, 15) is 0 Å². The average Bonchev–Trinajstić information content (AvgIpc) is 2.38. The van der Waals surface area contributed by atoms with Gasteiger partial charge in [0.1, 0.15) is 12.2 Å². The van der Waals surface area contributed by atoms with Crippen LogP contribution in [0.15, 0.2) is 6.33 Å². The van der Waals surface area contributed by atoms with Gasteiger partial charge in [0.05, 0.1) is 0 Å². The molecule has 0 aliphatic heterocycles. The molecule has 2 N–H and O–H groups in total. The van der Waals surface area contributed by atoms with Crippen LogP contribution in [-0.4, -0.2) is 21.3 Å². The molecule has 1 atom stereocenters. The second kappa shape index (κ2) is 3.67. The minimum atomic E-state index is 0.317. The van der Waals surface area contributed by atoms with Crippen LogP contribution in [-0.2, 0) is 7.05 Å². The van der Waals surface area contributed by atoms with Gasteiger partial charge in [0.2, 0.25) is 0 Å². The van der Waals surface area contributed by atoms with Gasteiger partial charge in [0.25, 0.3) is 0 Å². The zero-order valence-electron chi connectivity index (χ0n) is 7.86. The molecule has 1 unspecified atom stereocenters. The first kappa shape index (κ1) is 9.19. The van der Waals surface area contributed by atoms with Gasteiger partial charge in [-0.1, -0.05) is 13.8 Å². The third-order valence-corrected chi connectivity index (χ3v) is 2.14. The summed E-state index contributed by atoms with van der Waals surface area (Å²) in [4.78, 5) is 0. The highest BCUT2D eigenvalue weighted by molar-refractivity contribution is 4.97. The molecule has 0 aliphatic rings. The van der Waals surface area contributed by atoms with Crippen molar-refractivity contribution in [1.82, 2.24) is 14.8 Å². The van der Waals surface area contributed by atoms with Crippen molar-refractivity contribution in [3.8, 4) is 0 Å². The van der Waals surface area contributed by atoms with E-state index >= 15 is 0 Å². The van der Waals surface area contributed by atoms with Crippen molar-refractivity contribution in [3.05, 3.63) is 12.2 Å². The summed E-state index contributed by atoms with van der Waals surface area (Å²) in [6.45, 7) is 4.92. The number of nitrogens with two attached hydrogens (primary N) is 1. The lowest BCUT2D eigenvalue weighted by Gasteiger charge is -2.17. The molecular formula is C8H16N4. The van der Waals surface area contributed by atoms with Crippen molar-refractivity contribution in [2.24, 2.45) is 18.7 Å². The lowest BCUT2D eigenvalue weighted by molar-refractivity contribution is 0.470. The SMILES string of the molecule is CC(C)C(CN)c1nncn1C. The van der Waals surface area contributed by atoms with Crippen molar-refractivity contribution in [2.75, 3.05) is 6.54 Å². The van der Waals surface area contributed by atoms with Gasteiger partial charge in [-0.15, -0.1) is 10.2 Å². The molecule has 12 heavy (non-hydrogen) atoms. The molecule has 0 spiro atoms. The topological polar surface area (TPSA) is 56.7 Å². The first-order valence-electron chi connectivity index (χ1n) is 4.20. The third kappa shape index (κ3) is 1.64. The maximum Gasteiger partial charge on any atom is 0.137 e. The molecular weight excluding hydrogens is 152 g/mol. The molecule has 68 valence electrons. The maximum atomic E-state index is 5.65. The van der Waals surface area contributed by atoms with Crippen LogP contribution < -0.4 is 5.73 Å². The fraction of sp³-hybridized carbons (Fsp3) is 0.750. The number of nitrogens with zero attached hydrogens (tertiary/aromatic N) is 3. The van der Waals surface area contributed by atoms with Crippen LogP contribution in [0.4, 0.5) is 0 Å². The zero-order valence-corrected chi connectivity index (χ0v) is 7.86. The normalized spacial score (nSPS) is 13.8. The lowest BCUT2D eigenvalue weighted by atomic mass is 9.95. The van der Waals surface area contributed by atoms with Gasteiger partial charge < -0.3 is 10.3 Å². The summed E-state index contributed by atoms with van der Waals surface area (Å²) in [6.07, 6.45) is 1.71. The molecule has 1 aromatic heterocycles. The summed E-state index contributed by atoms with van der Waals surface area (Å²) < 4.78 is 1.93. The highest BCUT2D eigenvalue weighted by atomic mass is 15.2. The number of rotatable bonds is 3. The van der Waals surface area contributed by atoms with Crippen LogP contribution in [0.1, 0.15) is 25.6 Å². The summed E-state index contributed by atoms with van der Waals surface area (Å²) in [6, 6.07) is 0. The smallest absolute Gasteiger partial charge is 0.137 e. The van der Waals surface area contributed by atoms with Crippen LogP contribution in [0.3, 0.4) is 0 Å². The molecule has 0 saturated carbocycles. The van der Waals surface area contributed by atoms with Crippen molar-refractivity contribution in [1.29, 1.82) is 0 Å². The van der Waals surface area contributed by atoms with Gasteiger partial charge in [0, 0.05) is 19.5 Å². The first-order valence-corrected chi connectivity index (χ1v) is 4.20. The van der Waals surface area contributed by atoms with E-state index in [4.69, 9.17) is 5.73 Å². The summed E-state index contributed by atoms with van der Waals surface area (Å²) in [5.74, 6) is 1.81. The van der Waals surface area contributed by atoms with Gasteiger partial charge in [-0.25, -0.2) is 0 Å². The fourth-order valence-corrected chi connectivity index (χ4v) is 1.30. The molecule has 0 aliphatic carbocycles. The summed E-state index contributed by atoms with van der Waals surface area (Å²) >= 11 is 0. The number of aromatic nitrogens is 3. The quantitative estimate of drug-likeness (QED) is 0.715. The van der Waals surface area contributed by atoms with Crippen molar-refractivity contribution >= 4 is 0 Å². The predicted molar refractivity (Wildman–Crippen MR) is 47.6 cm³/mol. The molecule has 0 radical (unpaired) electrons.